The first-order chi connectivity index (χ1) is 17.2. The number of aromatic amines is 1. The normalized spacial score (nSPS) is 16.7. The number of thiazole rings is 1. The van der Waals surface area contributed by atoms with Crippen LogP contribution in [0.3, 0.4) is 0 Å². The molecule has 184 valence electrons. The van der Waals surface area contributed by atoms with Gasteiger partial charge in [-0.2, -0.15) is 5.10 Å². The number of nitrogens with zero attached hydrogens (tertiary/aromatic N) is 3. The standard InChI is InChI=1S/C25H30N6O3S/c32-23(28-22-15-19(29-30-22)21-7-4-14-34-21)20-16-35-24(27-20)18-9-12-31(13-10-18)25(33)26-11-8-17-5-2-1-3-6-17/h4-5,7,14-16,18H,1-3,6,8-13H2,(H,26,33)(H2,28,29,30,32). The average molecular weight is 495 g/mol. The maximum Gasteiger partial charge on any atom is 0.317 e. The summed E-state index contributed by atoms with van der Waals surface area (Å²) in [5.74, 6) is 1.02. The minimum atomic E-state index is -0.296. The van der Waals surface area contributed by atoms with Crippen molar-refractivity contribution in [2.24, 2.45) is 0 Å². The molecule has 9 nitrogen and oxygen atoms in total. The molecule has 35 heavy (non-hydrogen) atoms. The summed E-state index contributed by atoms with van der Waals surface area (Å²) >= 11 is 1.50. The molecule has 3 N–H and O–H groups in total. The first-order valence-electron chi connectivity index (χ1n) is 12.2. The summed E-state index contributed by atoms with van der Waals surface area (Å²) in [5, 5.41) is 15.5. The van der Waals surface area contributed by atoms with Crippen molar-refractivity contribution in [1.82, 2.24) is 25.4 Å². The zero-order valence-corrected chi connectivity index (χ0v) is 20.4. The topological polar surface area (TPSA) is 116 Å². The quantitative estimate of drug-likeness (QED) is 0.393. The number of piperidine rings is 1. The third-order valence-electron chi connectivity index (χ3n) is 6.60. The number of nitrogens with one attached hydrogen (secondary N) is 3. The second-order valence-electron chi connectivity index (χ2n) is 9.02. The molecule has 0 spiro atoms. The van der Waals surface area contributed by atoms with Gasteiger partial charge in [0.15, 0.2) is 11.6 Å². The van der Waals surface area contributed by atoms with E-state index >= 15 is 0 Å². The Kier molecular flexibility index (Phi) is 7.27. The van der Waals surface area contributed by atoms with Crippen molar-refractivity contribution in [1.29, 1.82) is 0 Å². The van der Waals surface area contributed by atoms with Gasteiger partial charge in [-0.15, -0.1) is 11.3 Å². The van der Waals surface area contributed by atoms with Crippen molar-refractivity contribution in [3.63, 3.8) is 0 Å². The molecule has 1 aliphatic carbocycles. The number of anilines is 1. The van der Waals surface area contributed by atoms with Crippen LogP contribution in [0.15, 0.2) is 45.9 Å². The van der Waals surface area contributed by atoms with E-state index in [2.05, 4.69) is 31.9 Å². The maximum atomic E-state index is 12.7. The number of urea groups is 1. The van der Waals surface area contributed by atoms with E-state index < -0.39 is 0 Å². The smallest absolute Gasteiger partial charge is 0.317 e. The van der Waals surface area contributed by atoms with Crippen LogP contribution in [0.1, 0.15) is 66.4 Å². The summed E-state index contributed by atoms with van der Waals surface area (Å²) in [4.78, 5) is 31.7. The van der Waals surface area contributed by atoms with Gasteiger partial charge >= 0.3 is 6.03 Å². The van der Waals surface area contributed by atoms with E-state index in [4.69, 9.17) is 4.42 Å². The summed E-state index contributed by atoms with van der Waals surface area (Å²) in [5.41, 5.74) is 2.54. The van der Waals surface area contributed by atoms with Gasteiger partial charge in [-0.25, -0.2) is 9.78 Å². The fraction of sp³-hybridized carbons (Fsp3) is 0.440. The number of furan rings is 1. The zero-order chi connectivity index (χ0) is 24.0. The minimum absolute atomic E-state index is 0.0204. The third-order valence-corrected chi connectivity index (χ3v) is 7.61. The van der Waals surface area contributed by atoms with Crippen molar-refractivity contribution in [2.45, 2.75) is 50.9 Å². The second-order valence-corrected chi connectivity index (χ2v) is 9.91. The molecule has 2 aliphatic rings. The summed E-state index contributed by atoms with van der Waals surface area (Å²) < 4.78 is 5.33. The monoisotopic (exact) mass is 494 g/mol. The Bertz CT molecular complexity index is 1170. The number of likely N-dealkylation sites (tertiary alicyclic amines) is 1. The van der Waals surface area contributed by atoms with Gasteiger partial charge in [0.2, 0.25) is 0 Å². The Morgan fingerprint density at radius 1 is 1.26 bits per heavy atom. The lowest BCUT2D eigenvalue weighted by Gasteiger charge is -2.31. The van der Waals surface area contributed by atoms with Crippen LogP contribution >= 0.6 is 11.3 Å². The zero-order valence-electron chi connectivity index (χ0n) is 19.6. The van der Waals surface area contributed by atoms with Gasteiger partial charge in [0.05, 0.1) is 11.3 Å². The number of carbonyl (C=O) groups excluding carboxylic acids is 2. The van der Waals surface area contributed by atoms with E-state index in [-0.39, 0.29) is 17.9 Å². The Balaban J connectivity index is 1.08. The number of hydrogen-bond acceptors (Lipinski definition) is 6. The number of amides is 3. The Hall–Kier alpha value is -3.40. The number of carbonyl (C=O) groups is 2. The maximum absolute atomic E-state index is 12.7. The predicted octanol–water partition coefficient (Wildman–Crippen LogP) is 5.16. The van der Waals surface area contributed by atoms with E-state index in [1.807, 2.05) is 11.0 Å². The lowest BCUT2D eigenvalue weighted by molar-refractivity contribution is 0.102. The molecule has 0 unspecified atom stereocenters. The molecule has 0 saturated carbocycles. The molecule has 0 aromatic carbocycles. The van der Waals surface area contributed by atoms with E-state index in [1.165, 1.54) is 42.6 Å². The van der Waals surface area contributed by atoms with Crippen LogP contribution in [0.25, 0.3) is 11.5 Å². The molecular weight excluding hydrogens is 464 g/mol. The van der Waals surface area contributed by atoms with E-state index in [0.29, 0.717) is 42.6 Å². The van der Waals surface area contributed by atoms with Gasteiger partial charge in [-0.3, -0.25) is 9.89 Å². The first-order valence-corrected chi connectivity index (χ1v) is 13.1. The van der Waals surface area contributed by atoms with Gasteiger partial charge in [0.25, 0.3) is 5.91 Å². The SMILES string of the molecule is O=C(Nc1cc(-c2ccco2)[nH]n1)c1csc(C2CCN(C(=O)NCCC3=CCCCC3)CC2)n1. The van der Waals surface area contributed by atoms with Crippen LogP contribution in [0.5, 0.6) is 0 Å². The molecule has 5 rings (SSSR count). The lowest BCUT2D eigenvalue weighted by Crippen LogP contribution is -2.44. The van der Waals surface area contributed by atoms with Crippen LogP contribution in [0, 0.1) is 0 Å². The molecule has 0 radical (unpaired) electrons. The molecule has 10 heteroatoms. The highest BCUT2D eigenvalue weighted by atomic mass is 32.1. The van der Waals surface area contributed by atoms with E-state index in [0.717, 1.165) is 24.3 Å². The van der Waals surface area contributed by atoms with Gasteiger partial charge in [0, 0.05) is 37.0 Å². The van der Waals surface area contributed by atoms with Crippen LogP contribution < -0.4 is 10.6 Å². The molecule has 0 atom stereocenters. The minimum Gasteiger partial charge on any atom is -0.463 e. The lowest BCUT2D eigenvalue weighted by atomic mass is 9.97. The van der Waals surface area contributed by atoms with Gasteiger partial charge in [-0.1, -0.05) is 11.6 Å². The summed E-state index contributed by atoms with van der Waals surface area (Å²) in [6.45, 7) is 2.10. The highest BCUT2D eigenvalue weighted by molar-refractivity contribution is 7.10. The summed E-state index contributed by atoms with van der Waals surface area (Å²) in [6, 6.07) is 5.35. The van der Waals surface area contributed by atoms with Crippen LogP contribution in [0.2, 0.25) is 0 Å². The third kappa shape index (κ3) is 5.82. The van der Waals surface area contributed by atoms with Crippen molar-refractivity contribution in [3.8, 4) is 11.5 Å². The Morgan fingerprint density at radius 2 is 2.14 bits per heavy atom. The molecule has 3 amide bonds. The predicted molar refractivity (Wildman–Crippen MR) is 134 cm³/mol. The Labute approximate surface area is 208 Å². The van der Waals surface area contributed by atoms with Crippen molar-refractivity contribution >= 4 is 29.1 Å². The van der Waals surface area contributed by atoms with Crippen LogP contribution in [-0.4, -0.2) is 51.7 Å². The molecular formula is C25H30N6O3S. The molecule has 1 aliphatic heterocycles. The highest BCUT2D eigenvalue weighted by Crippen LogP contribution is 2.30. The fourth-order valence-electron chi connectivity index (χ4n) is 4.61. The van der Waals surface area contributed by atoms with Crippen LogP contribution in [-0.2, 0) is 0 Å². The Morgan fingerprint density at radius 3 is 2.91 bits per heavy atom. The van der Waals surface area contributed by atoms with Gasteiger partial charge < -0.3 is 20.0 Å². The molecule has 3 aromatic rings. The van der Waals surface area contributed by atoms with Gasteiger partial charge in [0.1, 0.15) is 11.4 Å². The largest absolute Gasteiger partial charge is 0.463 e. The van der Waals surface area contributed by atoms with Crippen LogP contribution in [0.4, 0.5) is 10.6 Å². The summed E-state index contributed by atoms with van der Waals surface area (Å²) in [6.07, 6.45) is 11.5. The summed E-state index contributed by atoms with van der Waals surface area (Å²) in [7, 11) is 0. The average Bonchev–Trinajstić information content (AvgIpc) is 3.67. The number of aromatic nitrogens is 3. The number of rotatable bonds is 7. The fourth-order valence-corrected chi connectivity index (χ4v) is 5.58. The van der Waals surface area contributed by atoms with Gasteiger partial charge in [-0.05, 0) is 57.1 Å². The van der Waals surface area contributed by atoms with E-state index in [1.54, 1.807) is 23.8 Å². The van der Waals surface area contributed by atoms with Crippen molar-refractivity contribution in [3.05, 3.63) is 52.2 Å². The first kappa shape index (κ1) is 23.3. The molecule has 4 heterocycles. The highest BCUT2D eigenvalue weighted by Gasteiger charge is 2.26. The molecule has 0 bridgehead atoms. The number of hydrogen-bond donors (Lipinski definition) is 3. The number of allylic oxidation sites excluding steroid dienone is 1. The van der Waals surface area contributed by atoms with Crippen molar-refractivity contribution in [2.75, 3.05) is 25.0 Å². The van der Waals surface area contributed by atoms with Crippen molar-refractivity contribution < 1.29 is 14.0 Å². The molecule has 1 fully saturated rings. The van der Waals surface area contributed by atoms with E-state index in [9.17, 15) is 9.59 Å². The number of H-pyrrole nitrogens is 1. The molecule has 3 aromatic heterocycles. The molecule has 1 saturated heterocycles. The second kappa shape index (κ2) is 10.9.